The molecule has 0 amide bonds. The lowest BCUT2D eigenvalue weighted by Crippen LogP contribution is -1.94. The molecule has 4 aromatic rings. The molecule has 0 bridgehead atoms. The van der Waals surface area contributed by atoms with Crippen molar-refractivity contribution in [3.63, 3.8) is 0 Å². The molecular weight excluding hydrogens is 347 g/mol. The number of hydrogen-bond donors (Lipinski definition) is 0. The van der Waals surface area contributed by atoms with Crippen LogP contribution in [0.4, 0.5) is 4.39 Å². The summed E-state index contributed by atoms with van der Waals surface area (Å²) in [5.74, 6) is -0.325. The van der Waals surface area contributed by atoms with E-state index in [9.17, 15) is 9.18 Å². The number of carbonyl (C=O) groups is 1. The molecule has 0 spiro atoms. The Labute approximate surface area is 146 Å². The summed E-state index contributed by atoms with van der Waals surface area (Å²) in [7, 11) is 0. The maximum absolute atomic E-state index is 13.1. The van der Waals surface area contributed by atoms with Gasteiger partial charge in [0.15, 0.2) is 11.2 Å². The van der Waals surface area contributed by atoms with Gasteiger partial charge in [-0.05, 0) is 42.0 Å². The fourth-order valence-electron chi connectivity index (χ4n) is 2.63. The van der Waals surface area contributed by atoms with Crippen molar-refractivity contribution in [2.75, 3.05) is 0 Å². The molecule has 0 atom stereocenters. The van der Waals surface area contributed by atoms with Gasteiger partial charge in [-0.25, -0.2) is 9.37 Å². The Kier molecular flexibility index (Phi) is 3.67. The Hall–Kier alpha value is -2.50. The van der Waals surface area contributed by atoms with E-state index >= 15 is 0 Å². The van der Waals surface area contributed by atoms with E-state index in [1.807, 2.05) is 21.9 Å². The molecule has 4 rings (SSSR count). The summed E-state index contributed by atoms with van der Waals surface area (Å²) in [4.78, 5) is 17.0. The average molecular weight is 357 g/mol. The monoisotopic (exact) mass is 356 g/mol. The van der Waals surface area contributed by atoms with Crippen molar-refractivity contribution < 1.29 is 9.18 Å². The van der Waals surface area contributed by atoms with Crippen LogP contribution in [0.3, 0.4) is 0 Å². The minimum absolute atomic E-state index is 0.325. The fourth-order valence-corrected chi connectivity index (χ4v) is 3.66. The highest BCUT2D eigenvalue weighted by Gasteiger charge is 2.18. The molecule has 0 radical (unpaired) electrons. The lowest BCUT2D eigenvalue weighted by atomic mass is 10.1. The topological polar surface area (TPSA) is 34.4 Å². The van der Waals surface area contributed by atoms with E-state index < -0.39 is 0 Å². The second kappa shape index (κ2) is 5.85. The number of nitrogens with zero attached hydrogens (tertiary/aromatic N) is 2. The van der Waals surface area contributed by atoms with E-state index in [4.69, 9.17) is 11.6 Å². The summed E-state index contributed by atoms with van der Waals surface area (Å²) in [5, 5.41) is 2.60. The van der Waals surface area contributed by atoms with E-state index in [2.05, 4.69) is 4.98 Å². The van der Waals surface area contributed by atoms with Crippen molar-refractivity contribution in [2.24, 2.45) is 0 Å². The summed E-state index contributed by atoms with van der Waals surface area (Å²) in [6.45, 7) is 0. The molecule has 118 valence electrons. The third-order valence-corrected chi connectivity index (χ3v) is 4.85. The highest BCUT2D eigenvalue weighted by atomic mass is 35.5. The lowest BCUT2D eigenvalue weighted by molar-refractivity contribution is 0.111. The van der Waals surface area contributed by atoms with Gasteiger partial charge in [-0.1, -0.05) is 23.7 Å². The molecule has 0 aliphatic heterocycles. The normalized spacial score (nSPS) is 11.1. The number of rotatable bonds is 3. The van der Waals surface area contributed by atoms with Crippen LogP contribution < -0.4 is 0 Å². The molecule has 0 saturated heterocycles. The fraction of sp³-hybridized carbons (Fsp3) is 0. The minimum atomic E-state index is -0.325. The number of imidazole rings is 1. The van der Waals surface area contributed by atoms with Gasteiger partial charge in [0.05, 0.1) is 5.69 Å². The van der Waals surface area contributed by atoms with Crippen molar-refractivity contribution in [1.29, 1.82) is 0 Å². The first-order chi connectivity index (χ1) is 11.7. The highest BCUT2D eigenvalue weighted by Crippen LogP contribution is 2.32. The van der Waals surface area contributed by atoms with Gasteiger partial charge >= 0.3 is 0 Å². The Bertz CT molecular complexity index is 1040. The number of hydrogen-bond acceptors (Lipinski definition) is 3. The van der Waals surface area contributed by atoms with E-state index in [0.717, 1.165) is 17.5 Å². The number of aromatic nitrogens is 2. The molecule has 0 aliphatic rings. The maximum atomic E-state index is 13.1. The molecule has 24 heavy (non-hydrogen) atoms. The third-order valence-electron chi connectivity index (χ3n) is 3.77. The van der Waals surface area contributed by atoms with Crippen LogP contribution in [-0.2, 0) is 0 Å². The predicted octanol–water partition coefficient (Wildman–Crippen LogP) is 5.33. The Balaban J connectivity index is 1.94. The van der Waals surface area contributed by atoms with Gasteiger partial charge in [-0.2, -0.15) is 0 Å². The molecule has 2 aromatic heterocycles. The van der Waals surface area contributed by atoms with E-state index in [-0.39, 0.29) is 5.82 Å². The van der Waals surface area contributed by atoms with Crippen LogP contribution in [0.2, 0.25) is 5.02 Å². The number of thiazole rings is 1. The van der Waals surface area contributed by atoms with Gasteiger partial charge in [0.2, 0.25) is 0 Å². The molecule has 0 fully saturated rings. The molecular formula is C18H10ClFN2OS. The standard InChI is InChI=1S/C18H10ClFN2OS/c19-13-5-1-11(2-6-13)16-10-24-18-21-17(15(9-23)22(16)18)12-3-7-14(20)8-4-12/h1-10H. The second-order valence-corrected chi connectivity index (χ2v) is 6.49. The van der Waals surface area contributed by atoms with Crippen molar-refractivity contribution in [3.8, 4) is 22.5 Å². The van der Waals surface area contributed by atoms with Gasteiger partial charge in [-0.15, -0.1) is 11.3 Å². The number of halogens is 2. The molecule has 0 unspecified atom stereocenters. The van der Waals surface area contributed by atoms with Gasteiger partial charge < -0.3 is 0 Å². The van der Waals surface area contributed by atoms with Crippen LogP contribution in [0.5, 0.6) is 0 Å². The van der Waals surface area contributed by atoms with Gasteiger partial charge in [0, 0.05) is 16.0 Å². The smallest absolute Gasteiger partial charge is 0.195 e. The zero-order valence-electron chi connectivity index (χ0n) is 12.2. The molecule has 6 heteroatoms. The first-order valence-electron chi connectivity index (χ1n) is 7.14. The number of fused-ring (bicyclic) bond motifs is 1. The second-order valence-electron chi connectivity index (χ2n) is 5.22. The Morgan fingerprint density at radius 2 is 1.71 bits per heavy atom. The van der Waals surface area contributed by atoms with Crippen LogP contribution >= 0.6 is 22.9 Å². The minimum Gasteiger partial charge on any atom is -0.296 e. The zero-order chi connectivity index (χ0) is 16.7. The van der Waals surface area contributed by atoms with E-state index in [0.29, 0.717) is 26.9 Å². The van der Waals surface area contributed by atoms with Gasteiger partial charge in [0.1, 0.15) is 17.2 Å². The van der Waals surface area contributed by atoms with Crippen LogP contribution in [0, 0.1) is 5.82 Å². The van der Waals surface area contributed by atoms with Crippen molar-refractivity contribution in [1.82, 2.24) is 9.38 Å². The van der Waals surface area contributed by atoms with Crippen molar-refractivity contribution in [3.05, 3.63) is 70.4 Å². The van der Waals surface area contributed by atoms with Crippen LogP contribution in [0.25, 0.3) is 27.5 Å². The summed E-state index contributed by atoms with van der Waals surface area (Å²) >= 11 is 7.39. The first kappa shape index (κ1) is 15.1. The van der Waals surface area contributed by atoms with Crippen molar-refractivity contribution >= 4 is 34.2 Å². The zero-order valence-corrected chi connectivity index (χ0v) is 13.8. The Morgan fingerprint density at radius 1 is 1.04 bits per heavy atom. The molecule has 0 saturated carbocycles. The Morgan fingerprint density at radius 3 is 2.38 bits per heavy atom. The van der Waals surface area contributed by atoms with E-state index in [1.54, 1.807) is 24.3 Å². The number of aldehydes is 1. The summed E-state index contributed by atoms with van der Waals surface area (Å²) < 4.78 is 15.0. The van der Waals surface area contributed by atoms with E-state index in [1.165, 1.54) is 23.5 Å². The maximum Gasteiger partial charge on any atom is 0.195 e. The number of carbonyl (C=O) groups excluding carboxylic acids is 1. The number of benzene rings is 2. The molecule has 3 nitrogen and oxygen atoms in total. The largest absolute Gasteiger partial charge is 0.296 e. The van der Waals surface area contributed by atoms with Crippen molar-refractivity contribution in [2.45, 2.75) is 0 Å². The first-order valence-corrected chi connectivity index (χ1v) is 8.40. The van der Waals surface area contributed by atoms with Gasteiger partial charge in [-0.3, -0.25) is 9.20 Å². The highest BCUT2D eigenvalue weighted by molar-refractivity contribution is 7.15. The predicted molar refractivity (Wildman–Crippen MR) is 94.3 cm³/mol. The SMILES string of the molecule is O=Cc1c(-c2ccc(F)cc2)nc2scc(-c3ccc(Cl)cc3)n12. The van der Waals surface area contributed by atoms with Crippen LogP contribution in [0.1, 0.15) is 10.5 Å². The molecule has 2 heterocycles. The van der Waals surface area contributed by atoms with Crippen LogP contribution in [0.15, 0.2) is 53.9 Å². The average Bonchev–Trinajstić information content (AvgIpc) is 3.15. The lowest BCUT2D eigenvalue weighted by Gasteiger charge is -2.03. The van der Waals surface area contributed by atoms with Crippen LogP contribution in [-0.4, -0.2) is 15.7 Å². The van der Waals surface area contributed by atoms with Gasteiger partial charge in [0.25, 0.3) is 0 Å². The summed E-state index contributed by atoms with van der Waals surface area (Å²) in [5.41, 5.74) is 3.51. The quantitative estimate of drug-likeness (QED) is 0.465. The third kappa shape index (κ3) is 2.42. The summed E-state index contributed by atoms with van der Waals surface area (Å²) in [6.07, 6.45) is 0.783. The molecule has 0 N–H and O–H groups in total. The molecule has 0 aliphatic carbocycles. The summed E-state index contributed by atoms with van der Waals surface area (Å²) in [6, 6.07) is 13.4. The molecule has 2 aromatic carbocycles.